The molecule has 0 amide bonds. The van der Waals surface area contributed by atoms with Crippen molar-refractivity contribution in [3.8, 4) is 0 Å². The molecular formula is C7H13NO4. The van der Waals surface area contributed by atoms with Crippen LogP contribution in [0, 0.1) is 4.91 Å². The van der Waals surface area contributed by atoms with Crippen LogP contribution in [0.1, 0.15) is 13.3 Å². The minimum atomic E-state index is -0.828. The van der Waals surface area contributed by atoms with Crippen LogP contribution in [-0.4, -0.2) is 41.2 Å². The van der Waals surface area contributed by atoms with Crippen molar-refractivity contribution in [3.05, 3.63) is 4.91 Å². The number of rotatable bonds is 2. The van der Waals surface area contributed by atoms with Crippen LogP contribution in [0.2, 0.25) is 0 Å². The van der Waals surface area contributed by atoms with E-state index in [1.165, 1.54) is 0 Å². The van der Waals surface area contributed by atoms with E-state index >= 15 is 0 Å². The van der Waals surface area contributed by atoms with E-state index in [0.717, 1.165) is 0 Å². The van der Waals surface area contributed by atoms with Crippen LogP contribution in [0.3, 0.4) is 0 Å². The predicted octanol–water partition coefficient (Wildman–Crippen LogP) is -0.348. The molecule has 1 fully saturated rings. The van der Waals surface area contributed by atoms with Crippen molar-refractivity contribution in [1.29, 1.82) is 0 Å². The third kappa shape index (κ3) is 1.80. The smallest absolute Gasteiger partial charge is 0.146 e. The summed E-state index contributed by atoms with van der Waals surface area (Å²) in [5.74, 6) is 0. The third-order valence-corrected chi connectivity index (χ3v) is 2.06. The highest BCUT2D eigenvalue weighted by Crippen LogP contribution is 2.21. The molecule has 1 heterocycles. The molecule has 4 atom stereocenters. The van der Waals surface area contributed by atoms with Gasteiger partial charge in [-0.1, -0.05) is 5.18 Å². The van der Waals surface area contributed by atoms with Crippen LogP contribution in [0.25, 0.3) is 0 Å². The lowest BCUT2D eigenvalue weighted by Gasteiger charge is -2.33. The second-order valence-corrected chi connectivity index (χ2v) is 3.07. The molecule has 0 radical (unpaired) electrons. The Balaban J connectivity index is 2.62. The van der Waals surface area contributed by atoms with Crippen molar-refractivity contribution < 1.29 is 14.9 Å². The molecule has 0 aromatic heterocycles. The number of hydrogen-bond donors (Lipinski definition) is 2. The molecule has 1 rings (SSSR count). The summed E-state index contributed by atoms with van der Waals surface area (Å²) < 4.78 is 5.21. The predicted molar refractivity (Wildman–Crippen MR) is 41.6 cm³/mol. The maximum absolute atomic E-state index is 10.2. The average Bonchev–Trinajstić information content (AvgIpc) is 2.03. The molecule has 1 aliphatic rings. The molecule has 0 saturated carbocycles. The van der Waals surface area contributed by atoms with Gasteiger partial charge in [-0.3, -0.25) is 0 Å². The second-order valence-electron chi connectivity index (χ2n) is 3.07. The van der Waals surface area contributed by atoms with E-state index < -0.39 is 18.2 Å². The SMILES string of the molecule is CC1C[C@@H](O)[C@@H](N=O)[C@@H](CO)O1. The Morgan fingerprint density at radius 2 is 2.33 bits per heavy atom. The molecular weight excluding hydrogens is 162 g/mol. The number of ether oxygens (including phenoxy) is 1. The first kappa shape index (κ1) is 9.57. The van der Waals surface area contributed by atoms with Crippen LogP contribution >= 0.6 is 0 Å². The summed E-state index contributed by atoms with van der Waals surface area (Å²) in [6, 6.07) is -0.828. The summed E-state index contributed by atoms with van der Waals surface area (Å²) >= 11 is 0. The molecule has 70 valence electrons. The summed E-state index contributed by atoms with van der Waals surface area (Å²) in [5, 5.41) is 20.9. The first-order valence-corrected chi connectivity index (χ1v) is 3.96. The molecule has 1 aliphatic heterocycles. The summed E-state index contributed by atoms with van der Waals surface area (Å²) in [7, 11) is 0. The first-order valence-electron chi connectivity index (χ1n) is 3.96. The normalized spacial score (nSPS) is 42.6. The quantitative estimate of drug-likeness (QED) is 0.562. The van der Waals surface area contributed by atoms with Crippen LogP contribution in [0.5, 0.6) is 0 Å². The Hall–Kier alpha value is -0.520. The maximum Gasteiger partial charge on any atom is 0.146 e. The molecule has 0 aromatic carbocycles. The van der Waals surface area contributed by atoms with Crippen molar-refractivity contribution in [1.82, 2.24) is 0 Å². The van der Waals surface area contributed by atoms with E-state index in [-0.39, 0.29) is 12.7 Å². The molecule has 0 spiro atoms. The largest absolute Gasteiger partial charge is 0.394 e. The molecule has 1 unspecified atom stereocenters. The minimum absolute atomic E-state index is 0.129. The van der Waals surface area contributed by atoms with E-state index in [9.17, 15) is 10.0 Å². The van der Waals surface area contributed by atoms with Gasteiger partial charge in [0.15, 0.2) is 0 Å². The number of aliphatic hydroxyl groups excluding tert-OH is 2. The standard InChI is InChI=1S/C7H13NO4/c1-4-2-5(10)7(8-11)6(3-9)12-4/h4-7,9-10H,2-3H2,1H3/t4?,5-,6-,7-/m1/s1. The average molecular weight is 175 g/mol. The van der Waals surface area contributed by atoms with Crippen molar-refractivity contribution in [2.45, 2.75) is 37.7 Å². The zero-order valence-electron chi connectivity index (χ0n) is 6.88. The van der Waals surface area contributed by atoms with E-state index in [1.807, 2.05) is 0 Å². The Labute approximate surface area is 70.3 Å². The van der Waals surface area contributed by atoms with Crippen molar-refractivity contribution in [2.75, 3.05) is 6.61 Å². The van der Waals surface area contributed by atoms with Gasteiger partial charge < -0.3 is 14.9 Å². The van der Waals surface area contributed by atoms with Crippen LogP contribution in [0.15, 0.2) is 5.18 Å². The fourth-order valence-electron chi connectivity index (χ4n) is 1.45. The van der Waals surface area contributed by atoms with Gasteiger partial charge in [-0.25, -0.2) is 0 Å². The Morgan fingerprint density at radius 1 is 1.67 bits per heavy atom. The number of hydrogen-bond acceptors (Lipinski definition) is 5. The number of aliphatic hydroxyl groups is 2. The van der Waals surface area contributed by atoms with E-state index in [0.29, 0.717) is 6.42 Å². The molecule has 0 bridgehead atoms. The maximum atomic E-state index is 10.2. The molecule has 5 nitrogen and oxygen atoms in total. The minimum Gasteiger partial charge on any atom is -0.394 e. The Morgan fingerprint density at radius 3 is 2.83 bits per heavy atom. The zero-order valence-corrected chi connectivity index (χ0v) is 6.88. The van der Waals surface area contributed by atoms with Gasteiger partial charge in [-0.2, -0.15) is 4.91 Å². The highest BCUT2D eigenvalue weighted by molar-refractivity contribution is 4.89. The van der Waals surface area contributed by atoms with E-state index in [4.69, 9.17) is 9.84 Å². The van der Waals surface area contributed by atoms with Crippen LogP contribution in [-0.2, 0) is 4.74 Å². The van der Waals surface area contributed by atoms with Crippen molar-refractivity contribution in [3.63, 3.8) is 0 Å². The summed E-state index contributed by atoms with van der Waals surface area (Å²) in [6.45, 7) is 1.50. The van der Waals surface area contributed by atoms with E-state index in [2.05, 4.69) is 5.18 Å². The van der Waals surface area contributed by atoms with E-state index in [1.54, 1.807) is 6.92 Å². The monoisotopic (exact) mass is 175 g/mol. The zero-order chi connectivity index (χ0) is 9.14. The Bertz CT molecular complexity index is 163. The van der Waals surface area contributed by atoms with Crippen molar-refractivity contribution in [2.24, 2.45) is 5.18 Å². The lowest BCUT2D eigenvalue weighted by atomic mass is 9.97. The number of nitrogens with zero attached hydrogens (tertiary/aromatic N) is 1. The summed E-state index contributed by atoms with van der Waals surface area (Å²) in [5.41, 5.74) is 0. The summed E-state index contributed by atoms with van der Waals surface area (Å²) in [6.07, 6.45) is -1.17. The van der Waals surface area contributed by atoms with Gasteiger partial charge >= 0.3 is 0 Å². The fourth-order valence-corrected chi connectivity index (χ4v) is 1.45. The first-order chi connectivity index (χ1) is 5.69. The van der Waals surface area contributed by atoms with Crippen LogP contribution < -0.4 is 0 Å². The highest BCUT2D eigenvalue weighted by atomic mass is 16.5. The molecule has 2 N–H and O–H groups in total. The van der Waals surface area contributed by atoms with Crippen molar-refractivity contribution >= 4 is 0 Å². The van der Waals surface area contributed by atoms with Gasteiger partial charge in [0.2, 0.25) is 0 Å². The fraction of sp³-hybridized carbons (Fsp3) is 1.00. The lowest BCUT2D eigenvalue weighted by Crippen LogP contribution is -2.47. The number of nitroso groups, excluding NO2 is 1. The van der Waals surface area contributed by atoms with Gasteiger partial charge in [-0.05, 0) is 6.92 Å². The van der Waals surface area contributed by atoms with Crippen LogP contribution in [0.4, 0.5) is 0 Å². The van der Waals surface area contributed by atoms with Gasteiger partial charge in [0.05, 0.1) is 18.8 Å². The molecule has 0 aliphatic carbocycles. The second kappa shape index (κ2) is 3.93. The van der Waals surface area contributed by atoms with Gasteiger partial charge in [0, 0.05) is 6.42 Å². The summed E-state index contributed by atoms with van der Waals surface area (Å²) in [4.78, 5) is 10.2. The molecule has 5 heteroatoms. The molecule has 1 saturated heterocycles. The Kier molecular flexibility index (Phi) is 3.13. The third-order valence-electron chi connectivity index (χ3n) is 2.06. The molecule has 0 aromatic rings. The van der Waals surface area contributed by atoms with Gasteiger partial charge in [0.1, 0.15) is 12.1 Å². The lowest BCUT2D eigenvalue weighted by molar-refractivity contribution is -0.117. The van der Waals surface area contributed by atoms with Gasteiger partial charge in [-0.15, -0.1) is 0 Å². The molecule has 12 heavy (non-hydrogen) atoms. The van der Waals surface area contributed by atoms with Gasteiger partial charge in [0.25, 0.3) is 0 Å². The topological polar surface area (TPSA) is 79.1 Å². The highest BCUT2D eigenvalue weighted by Gasteiger charge is 2.36.